The first-order valence-corrected chi connectivity index (χ1v) is 10.0. The topological polar surface area (TPSA) is 56.1 Å². The monoisotopic (exact) mass is 427 g/mol. The van der Waals surface area contributed by atoms with Crippen LogP contribution in [0.25, 0.3) is 11.0 Å². The van der Waals surface area contributed by atoms with Gasteiger partial charge in [-0.05, 0) is 49.6 Å². The van der Waals surface area contributed by atoms with Gasteiger partial charge >= 0.3 is 0 Å². The standard InChI is InChI=1S/C21H22BrN3O2/c1-14(23-21(26)19-10-5-11-27-19)20-24-17-8-2-3-9-18(17)25(20)13-15-6-4-7-16(22)12-15/h2-4,6-9,12,14,19H,5,10-11,13H2,1H3,(H,23,26). The Labute approximate surface area is 166 Å². The fourth-order valence-corrected chi connectivity index (χ4v) is 4.01. The molecule has 3 aromatic rings. The Morgan fingerprint density at radius 3 is 2.96 bits per heavy atom. The minimum absolute atomic E-state index is 0.0546. The number of imidazole rings is 1. The molecule has 5 nitrogen and oxygen atoms in total. The molecule has 0 radical (unpaired) electrons. The summed E-state index contributed by atoms with van der Waals surface area (Å²) in [6, 6.07) is 16.1. The van der Waals surface area contributed by atoms with Gasteiger partial charge in [0.2, 0.25) is 5.91 Å². The Kier molecular flexibility index (Phi) is 5.27. The van der Waals surface area contributed by atoms with Gasteiger partial charge in [0.1, 0.15) is 11.9 Å². The van der Waals surface area contributed by atoms with E-state index < -0.39 is 0 Å². The number of nitrogens with one attached hydrogen (secondary N) is 1. The van der Waals surface area contributed by atoms with Crippen LogP contribution in [0.5, 0.6) is 0 Å². The third-order valence-electron chi connectivity index (χ3n) is 4.88. The van der Waals surface area contributed by atoms with Crippen molar-refractivity contribution >= 4 is 32.9 Å². The highest BCUT2D eigenvalue weighted by molar-refractivity contribution is 9.10. The largest absolute Gasteiger partial charge is 0.368 e. The van der Waals surface area contributed by atoms with E-state index >= 15 is 0 Å². The number of hydrogen-bond donors (Lipinski definition) is 1. The van der Waals surface area contributed by atoms with E-state index in [9.17, 15) is 4.79 Å². The zero-order valence-electron chi connectivity index (χ0n) is 15.2. The number of fused-ring (bicyclic) bond motifs is 1. The lowest BCUT2D eigenvalue weighted by Crippen LogP contribution is -2.36. The van der Waals surface area contributed by atoms with Gasteiger partial charge in [0.05, 0.1) is 17.1 Å². The van der Waals surface area contributed by atoms with Crippen LogP contribution >= 0.6 is 15.9 Å². The summed E-state index contributed by atoms with van der Waals surface area (Å²) in [6.07, 6.45) is 1.39. The molecule has 0 aliphatic carbocycles. The highest BCUT2D eigenvalue weighted by atomic mass is 79.9. The van der Waals surface area contributed by atoms with Gasteiger partial charge < -0.3 is 14.6 Å². The van der Waals surface area contributed by atoms with Crippen LogP contribution in [0.1, 0.15) is 37.2 Å². The van der Waals surface area contributed by atoms with Crippen molar-refractivity contribution in [3.05, 3.63) is 64.4 Å². The van der Waals surface area contributed by atoms with Gasteiger partial charge in [-0.15, -0.1) is 0 Å². The maximum Gasteiger partial charge on any atom is 0.249 e. The Balaban J connectivity index is 1.65. The highest BCUT2D eigenvalue weighted by Crippen LogP contribution is 2.24. The first-order valence-electron chi connectivity index (χ1n) is 9.23. The molecule has 1 saturated heterocycles. The van der Waals surface area contributed by atoms with Crippen LogP contribution in [0.15, 0.2) is 53.0 Å². The first-order chi connectivity index (χ1) is 13.1. The molecular formula is C21H22BrN3O2. The molecule has 1 aliphatic heterocycles. The summed E-state index contributed by atoms with van der Waals surface area (Å²) in [7, 11) is 0. The van der Waals surface area contributed by atoms with Crippen molar-refractivity contribution in [3.8, 4) is 0 Å². The number of aromatic nitrogens is 2. The molecule has 1 aromatic heterocycles. The minimum atomic E-state index is -0.338. The summed E-state index contributed by atoms with van der Waals surface area (Å²) in [5.74, 6) is 0.795. The minimum Gasteiger partial charge on any atom is -0.368 e. The number of carbonyl (C=O) groups excluding carboxylic acids is 1. The highest BCUT2D eigenvalue weighted by Gasteiger charge is 2.26. The van der Waals surface area contributed by atoms with E-state index in [2.05, 4.69) is 44.0 Å². The maximum absolute atomic E-state index is 12.5. The zero-order chi connectivity index (χ0) is 18.8. The smallest absolute Gasteiger partial charge is 0.249 e. The number of nitrogens with zero attached hydrogens (tertiary/aromatic N) is 2. The molecule has 140 valence electrons. The van der Waals surface area contributed by atoms with Crippen LogP contribution in [0.3, 0.4) is 0 Å². The third-order valence-corrected chi connectivity index (χ3v) is 5.38. The molecule has 1 aliphatic rings. The second kappa shape index (κ2) is 7.82. The number of benzene rings is 2. The van der Waals surface area contributed by atoms with Crippen molar-refractivity contribution in [1.82, 2.24) is 14.9 Å². The molecule has 1 N–H and O–H groups in total. The summed E-state index contributed by atoms with van der Waals surface area (Å²) in [6.45, 7) is 3.33. The van der Waals surface area contributed by atoms with Gasteiger partial charge in [0.25, 0.3) is 0 Å². The van der Waals surface area contributed by atoms with E-state index in [0.717, 1.165) is 34.2 Å². The van der Waals surface area contributed by atoms with Crippen molar-refractivity contribution < 1.29 is 9.53 Å². The SMILES string of the molecule is CC(NC(=O)C1CCCO1)c1nc2ccccc2n1Cc1cccc(Br)c1. The number of ether oxygens (including phenoxy) is 1. The average molecular weight is 428 g/mol. The van der Waals surface area contributed by atoms with Gasteiger partial charge in [-0.1, -0.05) is 40.2 Å². The summed E-state index contributed by atoms with van der Waals surface area (Å²) in [4.78, 5) is 17.3. The number of rotatable bonds is 5. The molecule has 2 heterocycles. The second-order valence-electron chi connectivity index (χ2n) is 6.91. The molecule has 2 aromatic carbocycles. The number of amides is 1. The molecule has 27 heavy (non-hydrogen) atoms. The van der Waals surface area contributed by atoms with Crippen molar-refractivity contribution in [2.45, 2.75) is 38.5 Å². The summed E-state index contributed by atoms with van der Waals surface area (Å²) < 4.78 is 8.73. The third kappa shape index (κ3) is 3.92. The van der Waals surface area contributed by atoms with Gasteiger partial charge in [-0.25, -0.2) is 4.98 Å². The fraction of sp³-hybridized carbons (Fsp3) is 0.333. The predicted octanol–water partition coefficient (Wildman–Crippen LogP) is 4.20. The van der Waals surface area contributed by atoms with E-state index in [-0.39, 0.29) is 18.1 Å². The number of carbonyl (C=O) groups is 1. The molecule has 2 unspecified atom stereocenters. The summed E-state index contributed by atoms with van der Waals surface area (Å²) in [5, 5.41) is 3.08. The molecule has 4 rings (SSSR count). The lowest BCUT2D eigenvalue weighted by molar-refractivity contribution is -0.130. The van der Waals surface area contributed by atoms with Gasteiger partial charge in [0, 0.05) is 17.6 Å². The lowest BCUT2D eigenvalue weighted by Gasteiger charge is -2.18. The molecule has 1 fully saturated rings. The van der Waals surface area contributed by atoms with E-state index in [4.69, 9.17) is 9.72 Å². The van der Waals surface area contributed by atoms with Crippen molar-refractivity contribution in [1.29, 1.82) is 0 Å². The van der Waals surface area contributed by atoms with Crippen LogP contribution in [0.2, 0.25) is 0 Å². The van der Waals surface area contributed by atoms with Crippen molar-refractivity contribution in [3.63, 3.8) is 0 Å². The van der Waals surface area contributed by atoms with E-state index in [0.29, 0.717) is 13.2 Å². The van der Waals surface area contributed by atoms with Gasteiger partial charge in [0.15, 0.2) is 0 Å². The van der Waals surface area contributed by atoms with E-state index in [1.807, 2.05) is 37.3 Å². The lowest BCUT2D eigenvalue weighted by atomic mass is 10.2. The van der Waals surface area contributed by atoms with Crippen molar-refractivity contribution in [2.75, 3.05) is 6.61 Å². The number of para-hydroxylation sites is 2. The van der Waals surface area contributed by atoms with Crippen LogP contribution in [-0.2, 0) is 16.1 Å². The molecule has 1 amide bonds. The average Bonchev–Trinajstić information content (AvgIpc) is 3.30. The van der Waals surface area contributed by atoms with E-state index in [1.54, 1.807) is 0 Å². The van der Waals surface area contributed by atoms with Crippen LogP contribution in [0.4, 0.5) is 0 Å². The number of hydrogen-bond acceptors (Lipinski definition) is 3. The molecule has 2 atom stereocenters. The van der Waals surface area contributed by atoms with Gasteiger partial charge in [-0.3, -0.25) is 4.79 Å². The number of halogens is 1. The normalized spacial score (nSPS) is 17.9. The van der Waals surface area contributed by atoms with E-state index in [1.165, 1.54) is 5.56 Å². The van der Waals surface area contributed by atoms with Crippen LogP contribution in [0, 0.1) is 0 Å². The molecule has 6 heteroatoms. The van der Waals surface area contributed by atoms with Crippen LogP contribution in [-0.4, -0.2) is 28.2 Å². The maximum atomic E-state index is 12.5. The Bertz CT molecular complexity index is 963. The first kappa shape index (κ1) is 18.2. The van der Waals surface area contributed by atoms with Gasteiger partial charge in [-0.2, -0.15) is 0 Å². The zero-order valence-corrected chi connectivity index (χ0v) is 16.8. The molecule has 0 saturated carbocycles. The summed E-state index contributed by atoms with van der Waals surface area (Å²) >= 11 is 3.54. The Morgan fingerprint density at radius 2 is 2.19 bits per heavy atom. The molecular weight excluding hydrogens is 406 g/mol. The second-order valence-corrected chi connectivity index (χ2v) is 7.82. The summed E-state index contributed by atoms with van der Waals surface area (Å²) in [5.41, 5.74) is 3.16. The Hall–Kier alpha value is -2.18. The van der Waals surface area contributed by atoms with Crippen molar-refractivity contribution in [2.24, 2.45) is 0 Å². The molecule has 0 bridgehead atoms. The van der Waals surface area contributed by atoms with Crippen LogP contribution < -0.4 is 5.32 Å². The predicted molar refractivity (Wildman–Crippen MR) is 109 cm³/mol. The quantitative estimate of drug-likeness (QED) is 0.663. The fourth-order valence-electron chi connectivity index (χ4n) is 3.56. The molecule has 0 spiro atoms. The Morgan fingerprint density at radius 1 is 1.33 bits per heavy atom.